The van der Waals surface area contributed by atoms with Gasteiger partial charge in [0.15, 0.2) is 15.8 Å². The molecule has 2 aromatic heterocycles. The third kappa shape index (κ3) is 2.98. The molecule has 0 fully saturated rings. The third-order valence-corrected chi connectivity index (χ3v) is 5.41. The van der Waals surface area contributed by atoms with Crippen LogP contribution in [0.15, 0.2) is 44.5 Å². The molecule has 0 aliphatic carbocycles. The van der Waals surface area contributed by atoms with Crippen molar-refractivity contribution in [1.82, 2.24) is 4.98 Å². The van der Waals surface area contributed by atoms with Gasteiger partial charge in [-0.1, -0.05) is 11.8 Å². The van der Waals surface area contributed by atoms with Gasteiger partial charge in [0.1, 0.15) is 5.76 Å². The topological polar surface area (TPSA) is 81.8 Å². The van der Waals surface area contributed by atoms with Crippen molar-refractivity contribution >= 4 is 29.1 Å². The first-order valence-corrected chi connectivity index (χ1v) is 8.86. The van der Waals surface area contributed by atoms with E-state index in [4.69, 9.17) is 19.0 Å². The van der Waals surface area contributed by atoms with Crippen molar-refractivity contribution in [2.75, 3.05) is 6.79 Å². The molecule has 1 aliphatic heterocycles. The largest absolute Gasteiger partial charge is 0.475 e. The SMILES string of the molecule is O=C(O)c1ccc(CSc2nc(-c3ccc4c(c3)OCO4)cs2)o1. The van der Waals surface area contributed by atoms with E-state index in [1.54, 1.807) is 6.07 Å². The van der Waals surface area contributed by atoms with Gasteiger partial charge in [0.25, 0.3) is 0 Å². The zero-order valence-corrected chi connectivity index (χ0v) is 13.9. The minimum atomic E-state index is -1.06. The van der Waals surface area contributed by atoms with Crippen molar-refractivity contribution in [3.05, 3.63) is 47.2 Å². The number of hydrogen-bond donors (Lipinski definition) is 1. The molecule has 1 aliphatic rings. The van der Waals surface area contributed by atoms with Crippen LogP contribution in [0.5, 0.6) is 11.5 Å². The normalized spacial score (nSPS) is 12.5. The van der Waals surface area contributed by atoms with Crippen LogP contribution in [0, 0.1) is 0 Å². The molecule has 0 unspecified atom stereocenters. The van der Waals surface area contributed by atoms with Crippen molar-refractivity contribution in [2.24, 2.45) is 0 Å². The van der Waals surface area contributed by atoms with Crippen LogP contribution in [0.4, 0.5) is 0 Å². The maximum Gasteiger partial charge on any atom is 0.371 e. The maximum atomic E-state index is 10.8. The number of hydrogen-bond acceptors (Lipinski definition) is 7. The molecule has 4 rings (SSSR count). The number of aromatic nitrogens is 1. The first-order chi connectivity index (χ1) is 11.7. The summed E-state index contributed by atoms with van der Waals surface area (Å²) < 4.78 is 16.8. The quantitative estimate of drug-likeness (QED) is 0.684. The summed E-state index contributed by atoms with van der Waals surface area (Å²) >= 11 is 3.04. The van der Waals surface area contributed by atoms with E-state index in [0.717, 1.165) is 27.1 Å². The summed E-state index contributed by atoms with van der Waals surface area (Å²) in [7, 11) is 0. The number of rotatable bonds is 5. The van der Waals surface area contributed by atoms with E-state index in [-0.39, 0.29) is 12.6 Å². The third-order valence-electron chi connectivity index (χ3n) is 3.36. The number of carbonyl (C=O) groups is 1. The molecule has 3 aromatic rings. The summed E-state index contributed by atoms with van der Waals surface area (Å²) in [5.74, 6) is 1.50. The first kappa shape index (κ1) is 15.1. The molecule has 3 heterocycles. The van der Waals surface area contributed by atoms with Gasteiger partial charge in [0.05, 0.1) is 11.4 Å². The van der Waals surface area contributed by atoms with Gasteiger partial charge in [-0.15, -0.1) is 11.3 Å². The van der Waals surface area contributed by atoms with Crippen molar-refractivity contribution < 1.29 is 23.8 Å². The Morgan fingerprint density at radius 3 is 2.96 bits per heavy atom. The fourth-order valence-electron chi connectivity index (χ4n) is 2.22. The second-order valence-electron chi connectivity index (χ2n) is 4.93. The van der Waals surface area contributed by atoms with Gasteiger partial charge in [0.2, 0.25) is 12.6 Å². The van der Waals surface area contributed by atoms with Crippen LogP contribution >= 0.6 is 23.1 Å². The predicted molar refractivity (Wildman–Crippen MR) is 88.9 cm³/mol. The fourth-order valence-corrected chi connectivity index (χ4v) is 3.94. The number of ether oxygens (including phenoxy) is 2. The molecule has 0 spiro atoms. The van der Waals surface area contributed by atoms with E-state index in [9.17, 15) is 4.79 Å². The summed E-state index contributed by atoms with van der Waals surface area (Å²) in [6.07, 6.45) is 0. The van der Waals surface area contributed by atoms with Crippen molar-refractivity contribution in [3.8, 4) is 22.8 Å². The summed E-state index contributed by atoms with van der Waals surface area (Å²) in [4.78, 5) is 15.4. The van der Waals surface area contributed by atoms with Gasteiger partial charge in [-0.25, -0.2) is 9.78 Å². The highest BCUT2D eigenvalue weighted by Crippen LogP contribution is 2.37. The van der Waals surface area contributed by atoms with Crippen LogP contribution in [-0.4, -0.2) is 22.9 Å². The minimum Gasteiger partial charge on any atom is -0.475 e. The lowest BCUT2D eigenvalue weighted by Crippen LogP contribution is -1.92. The average Bonchev–Trinajstić information content (AvgIpc) is 3.31. The molecule has 1 aromatic carbocycles. The number of carboxylic acid groups (broad SMARTS) is 1. The average molecular weight is 361 g/mol. The van der Waals surface area contributed by atoms with Crippen molar-refractivity contribution in [3.63, 3.8) is 0 Å². The fraction of sp³-hybridized carbons (Fsp3) is 0.125. The lowest BCUT2D eigenvalue weighted by Gasteiger charge is -1.99. The zero-order valence-electron chi connectivity index (χ0n) is 12.2. The Kier molecular flexibility index (Phi) is 3.91. The van der Waals surface area contributed by atoms with E-state index in [1.165, 1.54) is 29.2 Å². The number of aromatic carboxylic acids is 1. The Balaban J connectivity index is 1.45. The predicted octanol–water partition coefficient (Wildman–Crippen LogP) is 4.12. The molecular weight excluding hydrogens is 350 g/mol. The number of benzene rings is 1. The number of carboxylic acids is 1. The van der Waals surface area contributed by atoms with Gasteiger partial charge < -0.3 is 19.0 Å². The number of fused-ring (bicyclic) bond motifs is 1. The van der Waals surface area contributed by atoms with E-state index >= 15 is 0 Å². The van der Waals surface area contributed by atoms with Crippen LogP contribution in [0.25, 0.3) is 11.3 Å². The lowest BCUT2D eigenvalue weighted by molar-refractivity contribution is 0.0661. The summed E-state index contributed by atoms with van der Waals surface area (Å²) in [5, 5.41) is 10.8. The second kappa shape index (κ2) is 6.21. The van der Waals surface area contributed by atoms with Crippen molar-refractivity contribution in [1.29, 1.82) is 0 Å². The summed E-state index contributed by atoms with van der Waals surface area (Å²) in [6, 6.07) is 8.86. The maximum absolute atomic E-state index is 10.8. The Bertz CT molecular complexity index is 902. The number of nitrogens with zero attached hydrogens (tertiary/aromatic N) is 1. The van der Waals surface area contributed by atoms with Crippen LogP contribution in [0.3, 0.4) is 0 Å². The monoisotopic (exact) mass is 361 g/mol. The molecule has 0 bridgehead atoms. The standard InChI is InChI=1S/C16H11NO5S2/c18-15(19)13-4-2-10(22-13)6-23-16-17-11(7-24-16)9-1-3-12-14(5-9)21-8-20-12/h1-5,7H,6,8H2,(H,18,19). The van der Waals surface area contributed by atoms with Gasteiger partial charge in [-0.3, -0.25) is 0 Å². The van der Waals surface area contributed by atoms with Crippen LogP contribution in [-0.2, 0) is 5.75 Å². The number of thiazole rings is 1. The Morgan fingerprint density at radius 2 is 2.12 bits per heavy atom. The van der Waals surface area contributed by atoms with Crippen LogP contribution in [0.2, 0.25) is 0 Å². The first-order valence-electron chi connectivity index (χ1n) is 6.99. The Hall–Kier alpha value is -2.45. The molecule has 0 atom stereocenters. The highest BCUT2D eigenvalue weighted by atomic mass is 32.2. The highest BCUT2D eigenvalue weighted by Gasteiger charge is 2.15. The zero-order chi connectivity index (χ0) is 16.5. The number of thioether (sulfide) groups is 1. The van der Waals surface area contributed by atoms with Crippen molar-refractivity contribution in [2.45, 2.75) is 10.1 Å². The summed E-state index contributed by atoms with van der Waals surface area (Å²) in [6.45, 7) is 0.248. The molecule has 122 valence electrons. The number of furan rings is 1. The Morgan fingerprint density at radius 1 is 1.25 bits per heavy atom. The molecule has 0 saturated carbocycles. The van der Waals surface area contributed by atoms with E-state index in [0.29, 0.717) is 11.5 Å². The highest BCUT2D eigenvalue weighted by molar-refractivity contribution is 8.00. The molecule has 0 saturated heterocycles. The smallest absolute Gasteiger partial charge is 0.371 e. The van der Waals surface area contributed by atoms with E-state index < -0.39 is 5.97 Å². The summed E-state index contributed by atoms with van der Waals surface area (Å²) in [5.41, 5.74) is 1.83. The minimum absolute atomic E-state index is 0.0502. The Labute approximate surface area is 145 Å². The molecule has 24 heavy (non-hydrogen) atoms. The van der Waals surface area contributed by atoms with Gasteiger partial charge in [-0.05, 0) is 30.3 Å². The van der Waals surface area contributed by atoms with Crippen LogP contribution in [0.1, 0.15) is 16.3 Å². The molecule has 0 amide bonds. The lowest BCUT2D eigenvalue weighted by atomic mass is 10.1. The van der Waals surface area contributed by atoms with E-state index in [2.05, 4.69) is 4.98 Å². The van der Waals surface area contributed by atoms with Gasteiger partial charge >= 0.3 is 5.97 Å². The van der Waals surface area contributed by atoms with Crippen LogP contribution < -0.4 is 9.47 Å². The molecule has 0 radical (unpaired) electrons. The van der Waals surface area contributed by atoms with E-state index in [1.807, 2.05) is 23.6 Å². The van der Waals surface area contributed by atoms with Gasteiger partial charge in [0, 0.05) is 10.9 Å². The van der Waals surface area contributed by atoms with Gasteiger partial charge in [-0.2, -0.15) is 0 Å². The molecular formula is C16H11NO5S2. The molecule has 8 heteroatoms. The molecule has 6 nitrogen and oxygen atoms in total. The molecule has 1 N–H and O–H groups in total. The second-order valence-corrected chi connectivity index (χ2v) is 7.01.